The minimum atomic E-state index is -1.07. The van der Waals surface area contributed by atoms with Gasteiger partial charge in [-0.3, -0.25) is 0 Å². The van der Waals surface area contributed by atoms with Crippen LogP contribution in [0, 0.1) is 5.82 Å². The van der Waals surface area contributed by atoms with Crippen molar-refractivity contribution in [2.45, 2.75) is 5.75 Å². The molecule has 1 aromatic rings. The van der Waals surface area contributed by atoms with Crippen molar-refractivity contribution < 1.29 is 19.4 Å². The Labute approximate surface area is 103 Å². The van der Waals surface area contributed by atoms with Crippen LogP contribution >= 0.6 is 11.8 Å². The third kappa shape index (κ3) is 5.01. The number of thioether (sulfide) groups is 1. The highest BCUT2D eigenvalue weighted by molar-refractivity contribution is 7.98. The maximum atomic E-state index is 13.0. The predicted molar refractivity (Wildman–Crippen MR) is 66.3 cm³/mol. The Morgan fingerprint density at radius 3 is 2.88 bits per heavy atom. The van der Waals surface area contributed by atoms with Crippen molar-refractivity contribution in [1.82, 2.24) is 0 Å². The van der Waals surface area contributed by atoms with Crippen LogP contribution in [0.25, 0.3) is 6.08 Å². The molecule has 0 fully saturated rings. The first-order valence-corrected chi connectivity index (χ1v) is 6.17. The molecule has 0 aliphatic carbocycles. The average molecular weight is 256 g/mol. The van der Waals surface area contributed by atoms with Gasteiger partial charge in [0.25, 0.3) is 0 Å². The van der Waals surface area contributed by atoms with Crippen molar-refractivity contribution in [2.24, 2.45) is 0 Å². The molecule has 0 aliphatic rings. The summed E-state index contributed by atoms with van der Waals surface area (Å²) >= 11 is 1.51. The quantitative estimate of drug-likeness (QED) is 0.605. The van der Waals surface area contributed by atoms with Crippen molar-refractivity contribution in [3.05, 3.63) is 41.2 Å². The van der Waals surface area contributed by atoms with Gasteiger partial charge in [0.2, 0.25) is 0 Å². The topological polar surface area (TPSA) is 57.5 Å². The first kappa shape index (κ1) is 13.7. The number of aliphatic hydroxyl groups excluding tert-OH is 1. The number of carboxylic acid groups (broad SMARTS) is 1. The minimum absolute atomic E-state index is 0.0894. The fraction of sp³-hybridized carbons (Fsp3) is 0.250. The van der Waals surface area contributed by atoms with Crippen molar-refractivity contribution in [3.63, 3.8) is 0 Å². The van der Waals surface area contributed by atoms with Gasteiger partial charge in [-0.05, 0) is 29.3 Å². The van der Waals surface area contributed by atoms with Crippen molar-refractivity contribution in [2.75, 3.05) is 12.4 Å². The maximum absolute atomic E-state index is 13.0. The molecule has 92 valence electrons. The molecule has 0 amide bonds. The fourth-order valence-corrected chi connectivity index (χ4v) is 2.02. The standard InChI is InChI=1S/C12H13FO3S/c13-11-3-1-10(8-17-6-5-14)9(7-11)2-4-12(15)16/h1-4,7,14H,5-6,8H2,(H,15,16)/b4-2+. The summed E-state index contributed by atoms with van der Waals surface area (Å²) in [6, 6.07) is 4.27. The largest absolute Gasteiger partial charge is 0.478 e. The normalized spacial score (nSPS) is 10.9. The Morgan fingerprint density at radius 1 is 1.47 bits per heavy atom. The second kappa shape index (κ2) is 7.09. The third-order valence-electron chi connectivity index (χ3n) is 2.01. The third-order valence-corrected chi connectivity index (χ3v) is 2.99. The number of hydrogen-bond acceptors (Lipinski definition) is 3. The molecule has 0 aromatic heterocycles. The van der Waals surface area contributed by atoms with Gasteiger partial charge in [-0.1, -0.05) is 6.07 Å². The molecule has 0 radical (unpaired) electrons. The molecule has 5 heteroatoms. The predicted octanol–water partition coefficient (Wildman–Crippen LogP) is 2.15. The van der Waals surface area contributed by atoms with Crippen LogP contribution in [0.3, 0.4) is 0 Å². The van der Waals surface area contributed by atoms with Crippen LogP contribution in [-0.2, 0) is 10.5 Å². The van der Waals surface area contributed by atoms with Crippen molar-refractivity contribution >= 4 is 23.8 Å². The molecule has 0 saturated heterocycles. The number of benzene rings is 1. The van der Waals surface area contributed by atoms with E-state index in [0.29, 0.717) is 17.1 Å². The molecule has 2 N–H and O–H groups in total. The van der Waals surface area contributed by atoms with E-state index in [0.717, 1.165) is 11.6 Å². The van der Waals surface area contributed by atoms with Gasteiger partial charge in [0.15, 0.2) is 0 Å². The van der Waals surface area contributed by atoms with E-state index < -0.39 is 11.8 Å². The Kier molecular flexibility index (Phi) is 5.72. The molecule has 0 aliphatic heterocycles. The molecule has 0 unspecified atom stereocenters. The van der Waals surface area contributed by atoms with Gasteiger partial charge in [-0.25, -0.2) is 9.18 Å². The van der Waals surface area contributed by atoms with Crippen molar-refractivity contribution in [1.29, 1.82) is 0 Å². The van der Waals surface area contributed by atoms with E-state index in [1.807, 2.05) is 0 Å². The van der Waals surface area contributed by atoms with Crippen LogP contribution in [0.5, 0.6) is 0 Å². The molecule has 0 spiro atoms. The summed E-state index contributed by atoms with van der Waals surface area (Å²) in [4.78, 5) is 10.4. The highest BCUT2D eigenvalue weighted by Gasteiger charge is 2.02. The summed E-state index contributed by atoms with van der Waals surface area (Å²) in [5, 5.41) is 17.2. The summed E-state index contributed by atoms with van der Waals surface area (Å²) in [6.45, 7) is 0.0894. The molecule has 0 saturated carbocycles. The lowest BCUT2D eigenvalue weighted by Crippen LogP contribution is -1.93. The maximum Gasteiger partial charge on any atom is 0.328 e. The Hall–Kier alpha value is -1.33. The Balaban J connectivity index is 2.83. The zero-order valence-corrected chi connectivity index (χ0v) is 9.91. The minimum Gasteiger partial charge on any atom is -0.478 e. The molecule has 3 nitrogen and oxygen atoms in total. The lowest BCUT2D eigenvalue weighted by molar-refractivity contribution is -0.131. The zero-order chi connectivity index (χ0) is 12.7. The van der Waals surface area contributed by atoms with E-state index in [4.69, 9.17) is 10.2 Å². The van der Waals surface area contributed by atoms with Gasteiger partial charge < -0.3 is 10.2 Å². The van der Waals surface area contributed by atoms with Crippen molar-refractivity contribution in [3.8, 4) is 0 Å². The molecule has 1 aromatic carbocycles. The second-order valence-electron chi connectivity index (χ2n) is 3.29. The highest BCUT2D eigenvalue weighted by Crippen LogP contribution is 2.19. The van der Waals surface area contributed by atoms with Gasteiger partial charge in [0.05, 0.1) is 6.61 Å². The van der Waals surface area contributed by atoms with Crippen LogP contribution in [0.1, 0.15) is 11.1 Å². The van der Waals surface area contributed by atoms with Gasteiger partial charge in [0, 0.05) is 17.6 Å². The lowest BCUT2D eigenvalue weighted by atomic mass is 10.1. The number of halogens is 1. The fourth-order valence-electron chi connectivity index (χ4n) is 1.26. The first-order chi connectivity index (χ1) is 8.13. The van der Waals surface area contributed by atoms with Crippen LogP contribution in [0.2, 0.25) is 0 Å². The average Bonchev–Trinajstić information content (AvgIpc) is 2.29. The van der Waals surface area contributed by atoms with Crippen LogP contribution in [0.15, 0.2) is 24.3 Å². The van der Waals surface area contributed by atoms with E-state index >= 15 is 0 Å². The van der Waals surface area contributed by atoms with E-state index in [2.05, 4.69) is 0 Å². The summed E-state index contributed by atoms with van der Waals surface area (Å²) in [5.41, 5.74) is 1.40. The Morgan fingerprint density at radius 2 is 2.24 bits per heavy atom. The number of hydrogen-bond donors (Lipinski definition) is 2. The number of carboxylic acids is 1. The molecule has 0 atom stereocenters. The summed E-state index contributed by atoms with van der Waals surface area (Å²) in [7, 11) is 0. The van der Waals surface area contributed by atoms with E-state index in [1.54, 1.807) is 6.07 Å². The van der Waals surface area contributed by atoms with Gasteiger partial charge in [0.1, 0.15) is 5.82 Å². The highest BCUT2D eigenvalue weighted by atomic mass is 32.2. The summed E-state index contributed by atoms with van der Waals surface area (Å²) in [6.07, 6.45) is 2.36. The second-order valence-corrected chi connectivity index (χ2v) is 4.40. The number of aliphatic hydroxyl groups is 1. The Bertz CT molecular complexity index is 418. The molecule has 0 heterocycles. The van der Waals surface area contributed by atoms with E-state index in [1.165, 1.54) is 30.0 Å². The molecular weight excluding hydrogens is 243 g/mol. The van der Waals surface area contributed by atoms with Gasteiger partial charge in [-0.2, -0.15) is 11.8 Å². The number of carbonyl (C=O) groups is 1. The summed E-state index contributed by atoms with van der Waals surface area (Å²) in [5.74, 6) is -0.256. The van der Waals surface area contributed by atoms with E-state index in [-0.39, 0.29) is 6.61 Å². The van der Waals surface area contributed by atoms with Crippen LogP contribution < -0.4 is 0 Å². The number of rotatable bonds is 6. The monoisotopic (exact) mass is 256 g/mol. The molecular formula is C12H13FO3S. The van der Waals surface area contributed by atoms with Gasteiger partial charge >= 0.3 is 5.97 Å². The zero-order valence-electron chi connectivity index (χ0n) is 9.10. The first-order valence-electron chi connectivity index (χ1n) is 5.01. The van der Waals surface area contributed by atoms with Crippen LogP contribution in [0.4, 0.5) is 4.39 Å². The summed E-state index contributed by atoms with van der Waals surface area (Å²) < 4.78 is 13.0. The molecule has 17 heavy (non-hydrogen) atoms. The smallest absolute Gasteiger partial charge is 0.328 e. The van der Waals surface area contributed by atoms with E-state index in [9.17, 15) is 9.18 Å². The molecule has 1 rings (SSSR count). The lowest BCUT2D eigenvalue weighted by Gasteiger charge is -2.05. The molecule has 0 bridgehead atoms. The van der Waals surface area contributed by atoms with Gasteiger partial charge in [-0.15, -0.1) is 0 Å². The van der Waals surface area contributed by atoms with Crippen LogP contribution in [-0.4, -0.2) is 28.5 Å². The number of aliphatic carboxylic acids is 1. The SMILES string of the molecule is O=C(O)/C=C/c1cc(F)ccc1CSCCO.